The third-order valence-electron chi connectivity index (χ3n) is 1.84. The van der Waals surface area contributed by atoms with Gasteiger partial charge < -0.3 is 13.9 Å². The van der Waals surface area contributed by atoms with Crippen LogP contribution in [0.15, 0.2) is 21.3 Å². The minimum absolute atomic E-state index is 0.0965. The van der Waals surface area contributed by atoms with Gasteiger partial charge in [0.25, 0.3) is 0 Å². The zero-order valence-corrected chi connectivity index (χ0v) is 10.3. The first-order valence-electron chi connectivity index (χ1n) is 4.68. The number of carbonyl (C=O) groups excluding carboxylic acids is 1. The second kappa shape index (κ2) is 4.77. The molecule has 90 valence electrons. The lowest BCUT2D eigenvalue weighted by Gasteiger charge is -2.05. The van der Waals surface area contributed by atoms with Gasteiger partial charge in [0, 0.05) is 6.07 Å². The van der Waals surface area contributed by atoms with Gasteiger partial charge in [0.05, 0.1) is 16.3 Å². The van der Waals surface area contributed by atoms with E-state index in [0.29, 0.717) is 10.3 Å². The zero-order valence-electron chi connectivity index (χ0n) is 8.69. The van der Waals surface area contributed by atoms with E-state index in [1.807, 2.05) is 0 Å². The maximum absolute atomic E-state index is 11.1. The molecule has 0 bridgehead atoms. The van der Waals surface area contributed by atoms with Crippen molar-refractivity contribution >= 4 is 39.4 Å². The summed E-state index contributed by atoms with van der Waals surface area (Å²) in [6.07, 6.45) is -0.855. The van der Waals surface area contributed by atoms with Crippen LogP contribution >= 0.6 is 22.9 Å². The predicted molar refractivity (Wildman–Crippen MR) is 63.0 cm³/mol. The number of ether oxygens (including phenoxy) is 2. The highest BCUT2D eigenvalue weighted by atomic mass is 35.5. The number of benzene rings is 1. The summed E-state index contributed by atoms with van der Waals surface area (Å²) in [5.74, 6) is 0.0965. The van der Waals surface area contributed by atoms with E-state index in [4.69, 9.17) is 20.8 Å². The van der Waals surface area contributed by atoms with Crippen molar-refractivity contribution in [2.45, 2.75) is 6.92 Å². The van der Waals surface area contributed by atoms with E-state index in [1.54, 1.807) is 6.92 Å². The number of fused-ring (bicyclic) bond motifs is 1. The topological polar surface area (TPSA) is 65.7 Å². The maximum Gasteiger partial charge on any atom is 0.513 e. The van der Waals surface area contributed by atoms with Gasteiger partial charge in [-0.25, -0.2) is 9.59 Å². The first-order valence-corrected chi connectivity index (χ1v) is 5.87. The largest absolute Gasteiger partial charge is 0.513 e. The van der Waals surface area contributed by atoms with Crippen LogP contribution in [0.3, 0.4) is 0 Å². The summed E-state index contributed by atoms with van der Waals surface area (Å²) in [7, 11) is 0. The van der Waals surface area contributed by atoms with E-state index in [2.05, 4.69) is 4.74 Å². The lowest BCUT2D eigenvalue weighted by molar-refractivity contribution is 0.104. The molecule has 5 nitrogen and oxygen atoms in total. The molecule has 0 aliphatic rings. The molecule has 2 rings (SSSR count). The molecule has 0 radical (unpaired) electrons. The van der Waals surface area contributed by atoms with Gasteiger partial charge in [0.1, 0.15) is 0 Å². The van der Waals surface area contributed by atoms with Crippen LogP contribution < -0.4 is 9.68 Å². The van der Waals surface area contributed by atoms with Gasteiger partial charge in [0.2, 0.25) is 0 Å². The number of carbonyl (C=O) groups is 1. The Balaban J connectivity index is 2.36. The van der Waals surface area contributed by atoms with Gasteiger partial charge in [-0.15, -0.1) is 0 Å². The van der Waals surface area contributed by atoms with E-state index in [0.717, 1.165) is 11.3 Å². The highest BCUT2D eigenvalue weighted by Crippen LogP contribution is 2.31. The van der Waals surface area contributed by atoms with Crippen molar-refractivity contribution in [3.8, 4) is 5.75 Å². The lowest BCUT2D eigenvalue weighted by atomic mass is 10.3. The number of rotatable bonds is 2. The van der Waals surface area contributed by atoms with Crippen LogP contribution in [-0.4, -0.2) is 12.8 Å². The third-order valence-corrected chi connectivity index (χ3v) is 2.92. The molecule has 0 fully saturated rings. The monoisotopic (exact) mass is 274 g/mol. The minimum Gasteiger partial charge on any atom is -0.434 e. The van der Waals surface area contributed by atoms with E-state index in [-0.39, 0.29) is 17.4 Å². The normalized spacial score (nSPS) is 10.5. The predicted octanol–water partition coefficient (Wildman–Crippen LogP) is 3.04. The summed E-state index contributed by atoms with van der Waals surface area (Å²) in [4.78, 5) is 21.7. The van der Waals surface area contributed by atoms with Gasteiger partial charge in [-0.2, -0.15) is 0 Å². The van der Waals surface area contributed by atoms with Crippen molar-refractivity contribution in [1.82, 2.24) is 0 Å². The Morgan fingerprint density at radius 2 is 2.29 bits per heavy atom. The molecule has 1 aromatic heterocycles. The molecule has 0 aliphatic heterocycles. The Labute approximate surface area is 105 Å². The quantitative estimate of drug-likeness (QED) is 0.622. The second-order valence-electron chi connectivity index (χ2n) is 2.97. The number of halogens is 1. The molecule has 1 aromatic carbocycles. The van der Waals surface area contributed by atoms with Crippen LogP contribution in [0.25, 0.3) is 10.3 Å². The molecule has 7 heteroatoms. The molecule has 0 saturated heterocycles. The maximum atomic E-state index is 11.1. The highest BCUT2D eigenvalue weighted by molar-refractivity contribution is 7.16. The summed E-state index contributed by atoms with van der Waals surface area (Å²) in [6.45, 7) is 1.86. The van der Waals surface area contributed by atoms with E-state index < -0.39 is 11.1 Å². The summed E-state index contributed by atoms with van der Waals surface area (Å²) >= 11 is 6.81. The average Bonchev–Trinajstić information content (AvgIpc) is 2.58. The van der Waals surface area contributed by atoms with Gasteiger partial charge in [-0.05, 0) is 13.0 Å². The molecule has 0 spiro atoms. The summed E-state index contributed by atoms with van der Waals surface area (Å²) in [6, 6.07) is 2.88. The van der Waals surface area contributed by atoms with Crippen LogP contribution in [0.4, 0.5) is 4.79 Å². The molecule has 0 atom stereocenters. The first-order chi connectivity index (χ1) is 8.10. The summed E-state index contributed by atoms with van der Waals surface area (Å²) in [5, 5.41) is 0.211. The molecule has 0 aliphatic carbocycles. The van der Waals surface area contributed by atoms with Crippen molar-refractivity contribution in [3.63, 3.8) is 0 Å². The Hall–Kier alpha value is -1.53. The lowest BCUT2D eigenvalue weighted by Crippen LogP contribution is -2.10. The fourth-order valence-corrected chi connectivity index (χ4v) is 2.15. The van der Waals surface area contributed by atoms with Crippen LogP contribution in [0.2, 0.25) is 5.02 Å². The van der Waals surface area contributed by atoms with Crippen LogP contribution in [0, 0.1) is 0 Å². The van der Waals surface area contributed by atoms with E-state index in [1.165, 1.54) is 12.1 Å². The molecule has 0 unspecified atom stereocenters. The second-order valence-corrected chi connectivity index (χ2v) is 4.35. The Morgan fingerprint density at radius 1 is 1.53 bits per heavy atom. The van der Waals surface area contributed by atoms with Gasteiger partial charge in [-0.1, -0.05) is 22.9 Å². The standard InChI is InChI=1S/C10H7ClO5S/c1-2-14-9(12)15-6-4-7-8(3-5(6)11)17-10(13)16-7/h3-4H,2H2,1H3. The van der Waals surface area contributed by atoms with Gasteiger partial charge in [-0.3, -0.25) is 0 Å². The summed E-state index contributed by atoms with van der Waals surface area (Å²) < 4.78 is 14.9. The molecular formula is C10H7ClO5S. The van der Waals surface area contributed by atoms with Crippen molar-refractivity contribution in [2.75, 3.05) is 6.61 Å². The van der Waals surface area contributed by atoms with E-state index in [9.17, 15) is 9.59 Å². The van der Waals surface area contributed by atoms with Gasteiger partial charge >= 0.3 is 11.1 Å². The fourth-order valence-electron chi connectivity index (χ4n) is 1.19. The van der Waals surface area contributed by atoms with Crippen molar-refractivity contribution in [2.24, 2.45) is 0 Å². The SMILES string of the molecule is CCOC(=O)Oc1cc2oc(=O)sc2cc1Cl. The summed E-state index contributed by atoms with van der Waals surface area (Å²) in [5.41, 5.74) is 0.323. The molecule has 0 N–H and O–H groups in total. The molecular weight excluding hydrogens is 268 g/mol. The first kappa shape index (κ1) is 11.9. The Morgan fingerprint density at radius 3 is 3.00 bits per heavy atom. The molecule has 0 saturated carbocycles. The Bertz CT molecular complexity index is 615. The number of hydrogen-bond acceptors (Lipinski definition) is 6. The van der Waals surface area contributed by atoms with Crippen LogP contribution in [0.1, 0.15) is 6.92 Å². The van der Waals surface area contributed by atoms with Crippen molar-refractivity contribution in [1.29, 1.82) is 0 Å². The van der Waals surface area contributed by atoms with E-state index >= 15 is 0 Å². The third kappa shape index (κ3) is 2.59. The molecule has 0 amide bonds. The van der Waals surface area contributed by atoms with Crippen LogP contribution in [-0.2, 0) is 4.74 Å². The van der Waals surface area contributed by atoms with Gasteiger partial charge in [0.15, 0.2) is 11.3 Å². The van der Waals surface area contributed by atoms with Crippen LogP contribution in [0.5, 0.6) is 5.75 Å². The highest BCUT2D eigenvalue weighted by Gasteiger charge is 2.13. The molecule has 17 heavy (non-hydrogen) atoms. The van der Waals surface area contributed by atoms with Crippen molar-refractivity contribution in [3.05, 3.63) is 26.9 Å². The molecule has 1 heterocycles. The van der Waals surface area contributed by atoms with Crippen molar-refractivity contribution < 1.29 is 18.7 Å². The average molecular weight is 275 g/mol. The fraction of sp³-hybridized carbons (Fsp3) is 0.200. The molecule has 2 aromatic rings. The number of hydrogen-bond donors (Lipinski definition) is 0. The smallest absolute Gasteiger partial charge is 0.434 e. The minimum atomic E-state index is -0.855. The zero-order chi connectivity index (χ0) is 12.4. The Kier molecular flexibility index (Phi) is 3.35.